The molecule has 1 fully saturated rings. The lowest BCUT2D eigenvalue weighted by atomic mass is 9.89. The third kappa shape index (κ3) is 3.71. The fourth-order valence-corrected chi connectivity index (χ4v) is 2.66. The van der Waals surface area contributed by atoms with Crippen molar-refractivity contribution in [1.29, 1.82) is 0 Å². The summed E-state index contributed by atoms with van der Waals surface area (Å²) in [6, 6.07) is 8.08. The Kier molecular flexibility index (Phi) is 5.48. The highest BCUT2D eigenvalue weighted by Crippen LogP contribution is 2.33. The maximum absolute atomic E-state index is 5.96. The molecule has 2 unspecified atom stereocenters. The van der Waals surface area contributed by atoms with Gasteiger partial charge in [0.05, 0.1) is 6.10 Å². The van der Waals surface area contributed by atoms with Gasteiger partial charge in [-0.3, -0.25) is 0 Å². The highest BCUT2D eigenvalue weighted by Gasteiger charge is 2.26. The van der Waals surface area contributed by atoms with Crippen LogP contribution in [-0.2, 0) is 4.74 Å². The van der Waals surface area contributed by atoms with Gasteiger partial charge in [0.2, 0.25) is 0 Å². The van der Waals surface area contributed by atoms with Crippen LogP contribution in [-0.4, -0.2) is 19.7 Å². The molecule has 0 amide bonds. The number of rotatable bonds is 5. The van der Waals surface area contributed by atoms with Crippen molar-refractivity contribution < 1.29 is 4.74 Å². The van der Waals surface area contributed by atoms with Gasteiger partial charge >= 0.3 is 0 Å². The molecule has 1 aromatic carbocycles. The summed E-state index contributed by atoms with van der Waals surface area (Å²) in [4.78, 5) is 0. The van der Waals surface area contributed by atoms with Crippen molar-refractivity contribution in [1.82, 2.24) is 5.32 Å². The molecule has 1 heterocycles. The van der Waals surface area contributed by atoms with E-state index in [1.165, 1.54) is 24.8 Å². The molecule has 1 aliphatic rings. The molecule has 0 bridgehead atoms. The molecule has 3 heteroatoms. The summed E-state index contributed by atoms with van der Waals surface area (Å²) >= 11 is 5.94. The van der Waals surface area contributed by atoms with Gasteiger partial charge in [0.1, 0.15) is 0 Å². The van der Waals surface area contributed by atoms with E-state index in [0.717, 1.165) is 24.7 Å². The van der Waals surface area contributed by atoms with Crippen LogP contribution in [0.5, 0.6) is 0 Å². The van der Waals surface area contributed by atoms with Crippen LogP contribution in [0.25, 0.3) is 0 Å². The lowest BCUT2D eigenvalue weighted by Crippen LogP contribution is -2.32. The molecule has 0 aliphatic carbocycles. The molecular formula is C15H22ClNO. The van der Waals surface area contributed by atoms with E-state index in [9.17, 15) is 0 Å². The third-order valence-corrected chi connectivity index (χ3v) is 3.73. The van der Waals surface area contributed by atoms with E-state index in [4.69, 9.17) is 16.3 Å². The van der Waals surface area contributed by atoms with Crippen molar-refractivity contribution >= 4 is 11.6 Å². The van der Waals surface area contributed by atoms with Crippen molar-refractivity contribution in [3.05, 3.63) is 34.9 Å². The topological polar surface area (TPSA) is 21.3 Å². The van der Waals surface area contributed by atoms with Gasteiger partial charge in [-0.2, -0.15) is 0 Å². The van der Waals surface area contributed by atoms with E-state index >= 15 is 0 Å². The molecule has 1 N–H and O–H groups in total. The highest BCUT2D eigenvalue weighted by molar-refractivity contribution is 6.30. The number of hydrogen-bond acceptors (Lipinski definition) is 2. The van der Waals surface area contributed by atoms with Gasteiger partial charge in [0.15, 0.2) is 0 Å². The summed E-state index contributed by atoms with van der Waals surface area (Å²) in [5.74, 6) is 0.575. The number of ether oxygens (including phenoxy) is 1. The fourth-order valence-electron chi connectivity index (χ4n) is 2.54. The quantitative estimate of drug-likeness (QED) is 0.820. The Hall–Kier alpha value is -0.570. The van der Waals surface area contributed by atoms with Crippen LogP contribution in [0, 0.1) is 5.92 Å². The van der Waals surface area contributed by atoms with Crippen LogP contribution in [0.4, 0.5) is 0 Å². The predicted molar refractivity (Wildman–Crippen MR) is 76.0 cm³/mol. The fraction of sp³-hybridized carbons (Fsp3) is 0.600. The van der Waals surface area contributed by atoms with Crippen molar-refractivity contribution in [2.24, 2.45) is 5.92 Å². The number of nitrogens with one attached hydrogen (secondary N) is 1. The average molecular weight is 268 g/mol. The second kappa shape index (κ2) is 7.13. The van der Waals surface area contributed by atoms with E-state index in [0.29, 0.717) is 5.92 Å². The summed E-state index contributed by atoms with van der Waals surface area (Å²) < 4.78 is 5.96. The third-order valence-electron chi connectivity index (χ3n) is 3.48. The van der Waals surface area contributed by atoms with E-state index in [-0.39, 0.29) is 6.10 Å². The standard InChI is InChI=1S/C15H22ClNO/c1-2-9-17-11-13-4-3-10-18-15(13)12-5-7-14(16)8-6-12/h5-8,13,15,17H,2-4,9-11H2,1H3. The van der Waals surface area contributed by atoms with Crippen LogP contribution in [0.1, 0.15) is 37.9 Å². The van der Waals surface area contributed by atoms with Crippen molar-refractivity contribution in [2.45, 2.75) is 32.3 Å². The molecule has 1 aromatic rings. The second-order valence-corrected chi connectivity index (χ2v) is 5.39. The zero-order chi connectivity index (χ0) is 12.8. The Bertz CT molecular complexity index is 352. The monoisotopic (exact) mass is 267 g/mol. The summed E-state index contributed by atoms with van der Waals surface area (Å²) in [6.07, 6.45) is 3.81. The minimum Gasteiger partial charge on any atom is -0.373 e. The smallest absolute Gasteiger partial charge is 0.0865 e. The molecule has 0 aromatic heterocycles. The van der Waals surface area contributed by atoms with Gasteiger partial charge in [-0.1, -0.05) is 30.7 Å². The molecular weight excluding hydrogens is 246 g/mol. The zero-order valence-electron chi connectivity index (χ0n) is 11.0. The predicted octanol–water partition coefficient (Wildman–Crippen LogP) is 3.81. The molecule has 0 saturated carbocycles. The molecule has 2 nitrogen and oxygen atoms in total. The first-order valence-electron chi connectivity index (χ1n) is 6.89. The van der Waals surface area contributed by atoms with Crippen LogP contribution >= 0.6 is 11.6 Å². The molecule has 2 atom stereocenters. The van der Waals surface area contributed by atoms with Crippen LogP contribution < -0.4 is 5.32 Å². The van der Waals surface area contributed by atoms with E-state index in [2.05, 4.69) is 24.4 Å². The van der Waals surface area contributed by atoms with Gasteiger partial charge in [-0.15, -0.1) is 0 Å². The van der Waals surface area contributed by atoms with Crippen molar-refractivity contribution in [3.8, 4) is 0 Å². The van der Waals surface area contributed by atoms with Gasteiger partial charge < -0.3 is 10.1 Å². The first kappa shape index (κ1) is 13.9. The first-order valence-corrected chi connectivity index (χ1v) is 7.27. The Balaban J connectivity index is 2.00. The lowest BCUT2D eigenvalue weighted by Gasteiger charge is -2.32. The Morgan fingerprint density at radius 1 is 1.33 bits per heavy atom. The summed E-state index contributed by atoms with van der Waals surface area (Å²) in [6.45, 7) is 5.20. The number of halogens is 1. The molecule has 1 aliphatic heterocycles. The van der Waals surface area contributed by atoms with Crippen LogP contribution in [0.15, 0.2) is 24.3 Å². The SMILES string of the molecule is CCCNCC1CCCOC1c1ccc(Cl)cc1. The molecule has 2 rings (SSSR count). The van der Waals surface area contributed by atoms with Crippen LogP contribution in [0.2, 0.25) is 5.02 Å². The minimum absolute atomic E-state index is 0.223. The molecule has 0 spiro atoms. The van der Waals surface area contributed by atoms with E-state index < -0.39 is 0 Å². The minimum atomic E-state index is 0.223. The first-order chi connectivity index (χ1) is 8.81. The Morgan fingerprint density at radius 2 is 2.11 bits per heavy atom. The second-order valence-electron chi connectivity index (χ2n) is 4.95. The summed E-state index contributed by atoms with van der Waals surface area (Å²) in [5, 5.41) is 4.30. The van der Waals surface area contributed by atoms with E-state index in [1.807, 2.05) is 12.1 Å². The Labute approximate surface area is 115 Å². The largest absolute Gasteiger partial charge is 0.373 e. The summed E-state index contributed by atoms with van der Waals surface area (Å²) in [7, 11) is 0. The van der Waals surface area contributed by atoms with Gasteiger partial charge in [-0.25, -0.2) is 0 Å². The highest BCUT2D eigenvalue weighted by atomic mass is 35.5. The molecule has 100 valence electrons. The molecule has 1 saturated heterocycles. The number of hydrogen-bond donors (Lipinski definition) is 1. The maximum atomic E-state index is 5.96. The van der Waals surface area contributed by atoms with Gasteiger partial charge in [0.25, 0.3) is 0 Å². The van der Waals surface area contributed by atoms with E-state index in [1.54, 1.807) is 0 Å². The van der Waals surface area contributed by atoms with Crippen LogP contribution in [0.3, 0.4) is 0 Å². The number of benzene rings is 1. The maximum Gasteiger partial charge on any atom is 0.0865 e. The summed E-state index contributed by atoms with van der Waals surface area (Å²) in [5.41, 5.74) is 1.25. The lowest BCUT2D eigenvalue weighted by molar-refractivity contribution is -0.0277. The zero-order valence-corrected chi connectivity index (χ0v) is 11.7. The normalized spacial score (nSPS) is 24.1. The van der Waals surface area contributed by atoms with Gasteiger partial charge in [-0.05, 0) is 43.5 Å². The molecule has 0 radical (unpaired) electrons. The molecule has 18 heavy (non-hydrogen) atoms. The average Bonchev–Trinajstić information content (AvgIpc) is 2.41. The van der Waals surface area contributed by atoms with Gasteiger partial charge in [0, 0.05) is 24.1 Å². The van der Waals surface area contributed by atoms with Crippen molar-refractivity contribution in [2.75, 3.05) is 19.7 Å². The van der Waals surface area contributed by atoms with Crippen molar-refractivity contribution in [3.63, 3.8) is 0 Å². The Morgan fingerprint density at radius 3 is 2.83 bits per heavy atom.